The van der Waals surface area contributed by atoms with Crippen LogP contribution < -0.4 is 4.74 Å². The Bertz CT molecular complexity index is 2180. The highest BCUT2D eigenvalue weighted by molar-refractivity contribution is 6.09. The van der Waals surface area contributed by atoms with E-state index in [1.165, 1.54) is 35.0 Å². The van der Waals surface area contributed by atoms with Crippen LogP contribution >= 0.6 is 0 Å². The fourth-order valence-corrected chi connectivity index (χ4v) is 6.60. The minimum Gasteiger partial charge on any atom is -0.457 e. The van der Waals surface area contributed by atoms with Gasteiger partial charge in [-0.3, -0.25) is 4.57 Å². The van der Waals surface area contributed by atoms with Crippen LogP contribution in [0.15, 0.2) is 116 Å². The molecule has 2 unspecified atom stereocenters. The summed E-state index contributed by atoms with van der Waals surface area (Å²) in [6, 6.07) is 31.7. The summed E-state index contributed by atoms with van der Waals surface area (Å²) < 4.78 is 24.7. The number of hydrogen-bond acceptors (Lipinski definition) is 3. The molecule has 0 aliphatic heterocycles. The number of hydrogen-bond donors (Lipinski definition) is 0. The number of para-hydroxylation sites is 1. The van der Waals surface area contributed by atoms with Crippen LogP contribution in [0.4, 0.5) is 4.39 Å². The van der Waals surface area contributed by atoms with Crippen molar-refractivity contribution in [1.82, 2.24) is 19.3 Å². The molecule has 48 heavy (non-hydrogen) atoms. The van der Waals surface area contributed by atoms with Crippen LogP contribution in [-0.2, 0) is 12.8 Å². The van der Waals surface area contributed by atoms with Gasteiger partial charge in [0.2, 0.25) is 0 Å². The van der Waals surface area contributed by atoms with Gasteiger partial charge in [0.05, 0.1) is 22.9 Å². The van der Waals surface area contributed by atoms with Crippen molar-refractivity contribution in [3.05, 3.63) is 133 Å². The maximum absolute atomic E-state index is 14.3. The first-order chi connectivity index (χ1) is 23.4. The lowest BCUT2D eigenvalue weighted by atomic mass is 9.86. The summed E-state index contributed by atoms with van der Waals surface area (Å²) in [7, 11) is 0. The molecule has 0 N–H and O–H groups in total. The first-order valence-electron chi connectivity index (χ1n) is 17.0. The molecule has 2 atom stereocenters. The van der Waals surface area contributed by atoms with E-state index in [-0.39, 0.29) is 5.82 Å². The highest BCUT2D eigenvalue weighted by Crippen LogP contribution is 2.36. The van der Waals surface area contributed by atoms with E-state index in [2.05, 4.69) is 69.2 Å². The van der Waals surface area contributed by atoms with Crippen LogP contribution in [0.1, 0.15) is 51.7 Å². The van der Waals surface area contributed by atoms with Crippen LogP contribution in [0, 0.1) is 17.7 Å². The molecule has 3 heterocycles. The molecular formula is C42H41FN4O. The summed E-state index contributed by atoms with van der Waals surface area (Å²) >= 11 is 0. The molecule has 0 saturated carbocycles. The van der Waals surface area contributed by atoms with E-state index >= 15 is 0 Å². The van der Waals surface area contributed by atoms with Gasteiger partial charge in [-0.25, -0.2) is 14.1 Å². The molecule has 242 valence electrons. The van der Waals surface area contributed by atoms with Crippen LogP contribution in [0.5, 0.6) is 11.5 Å². The Hall–Kier alpha value is -5.23. The molecule has 7 rings (SSSR count). The van der Waals surface area contributed by atoms with E-state index < -0.39 is 0 Å². The number of halogens is 1. The van der Waals surface area contributed by atoms with Crippen LogP contribution in [0.25, 0.3) is 44.4 Å². The fraction of sp³-hybridized carbons (Fsp3) is 0.238. The molecule has 0 aliphatic rings. The first kappa shape index (κ1) is 31.4. The molecule has 6 heteroatoms. The Morgan fingerprint density at radius 3 is 2.19 bits per heavy atom. The zero-order chi connectivity index (χ0) is 33.2. The third-order valence-corrected chi connectivity index (χ3v) is 9.54. The molecule has 5 nitrogen and oxygen atoms in total. The van der Waals surface area contributed by atoms with E-state index in [1.54, 1.807) is 0 Å². The zero-order valence-corrected chi connectivity index (χ0v) is 28.0. The molecule has 4 aromatic carbocycles. The van der Waals surface area contributed by atoms with Crippen molar-refractivity contribution in [2.75, 3.05) is 0 Å². The van der Waals surface area contributed by atoms with Crippen LogP contribution in [0.2, 0.25) is 0 Å². The van der Waals surface area contributed by atoms with Crippen molar-refractivity contribution in [3.8, 4) is 34.1 Å². The lowest BCUT2D eigenvalue weighted by molar-refractivity contribution is 0.483. The summed E-state index contributed by atoms with van der Waals surface area (Å²) in [5.41, 5.74) is 8.02. The van der Waals surface area contributed by atoms with Gasteiger partial charge in [0.1, 0.15) is 23.1 Å². The lowest BCUT2D eigenvalue weighted by Gasteiger charge is -2.18. The van der Waals surface area contributed by atoms with Gasteiger partial charge in [0, 0.05) is 46.9 Å². The molecule has 0 spiro atoms. The smallest absolute Gasteiger partial charge is 0.140 e. The number of fused-ring (bicyclic) bond motifs is 3. The summed E-state index contributed by atoms with van der Waals surface area (Å²) in [5, 5.41) is 6.94. The molecule has 7 aromatic rings. The summed E-state index contributed by atoms with van der Waals surface area (Å²) in [6.45, 7) is 9.19. The maximum atomic E-state index is 14.3. The average molecular weight is 637 g/mol. The molecule has 0 bridgehead atoms. The Kier molecular flexibility index (Phi) is 8.81. The first-order valence-corrected chi connectivity index (χ1v) is 17.0. The highest BCUT2D eigenvalue weighted by atomic mass is 19.1. The molecule has 3 aromatic heterocycles. The average Bonchev–Trinajstić information content (AvgIpc) is 3.71. The van der Waals surface area contributed by atoms with Crippen molar-refractivity contribution < 1.29 is 9.13 Å². The van der Waals surface area contributed by atoms with E-state index in [9.17, 15) is 4.39 Å². The lowest BCUT2D eigenvalue weighted by Crippen LogP contribution is -2.05. The van der Waals surface area contributed by atoms with Crippen molar-refractivity contribution in [2.45, 2.75) is 53.4 Å². The second-order valence-electron chi connectivity index (χ2n) is 13.0. The summed E-state index contributed by atoms with van der Waals surface area (Å²) in [6.07, 6.45) is 10.0. The minimum atomic E-state index is -0.331. The van der Waals surface area contributed by atoms with Crippen molar-refractivity contribution >= 4 is 21.8 Å². The number of benzene rings is 4. The summed E-state index contributed by atoms with van der Waals surface area (Å²) in [4.78, 5) is 4.48. The largest absolute Gasteiger partial charge is 0.457 e. The van der Waals surface area contributed by atoms with Crippen LogP contribution in [-0.4, -0.2) is 19.3 Å². The number of pyridine rings is 1. The molecule has 0 amide bonds. The van der Waals surface area contributed by atoms with Gasteiger partial charge in [0.15, 0.2) is 0 Å². The Morgan fingerprint density at radius 2 is 1.44 bits per heavy atom. The fourth-order valence-electron chi connectivity index (χ4n) is 6.60. The van der Waals surface area contributed by atoms with Gasteiger partial charge in [0.25, 0.3) is 0 Å². The zero-order valence-electron chi connectivity index (χ0n) is 28.0. The van der Waals surface area contributed by atoms with Gasteiger partial charge in [-0.1, -0.05) is 83.0 Å². The molecule has 0 fully saturated rings. The summed E-state index contributed by atoms with van der Waals surface area (Å²) in [5.74, 6) is 2.78. The molecule has 0 radical (unpaired) electrons. The predicted molar refractivity (Wildman–Crippen MR) is 194 cm³/mol. The Balaban J connectivity index is 1.22. The Morgan fingerprint density at radius 1 is 0.729 bits per heavy atom. The monoisotopic (exact) mass is 636 g/mol. The van der Waals surface area contributed by atoms with E-state index in [0.717, 1.165) is 58.7 Å². The number of rotatable bonds is 11. The number of nitrogens with zero attached hydrogens (tertiary/aromatic N) is 4. The van der Waals surface area contributed by atoms with Crippen molar-refractivity contribution in [1.29, 1.82) is 0 Å². The molecule has 0 saturated heterocycles. The van der Waals surface area contributed by atoms with E-state index in [0.29, 0.717) is 29.2 Å². The number of ether oxygens (including phenoxy) is 1. The quantitative estimate of drug-likeness (QED) is 0.142. The topological polar surface area (TPSA) is 44.9 Å². The normalized spacial score (nSPS) is 12.9. The predicted octanol–water partition coefficient (Wildman–Crippen LogP) is 11.1. The van der Waals surface area contributed by atoms with Crippen LogP contribution in [0.3, 0.4) is 0 Å². The molecular weight excluding hydrogens is 595 g/mol. The SMILES string of the molecule is CCC(C)Cc1cccc(CC(C)CC)c1-c1cnn(-c2cccc(Oc3ccc4c5ccccc5n(-c5cc(F)ccn5)c4c3)c2)c1. The standard InChI is InChI=1S/C42H41FN4O/c1-5-28(3)21-30-11-9-12-31(22-29(4)6-2)42(30)32-26-45-46(27-32)34-13-10-14-35(24-34)48-36-17-18-38-37-15-7-8-16-39(37)47(40(38)25-36)41-23-33(43)19-20-44-41/h7-20,23-29H,5-6,21-22H2,1-4H3. The second-order valence-corrected chi connectivity index (χ2v) is 13.0. The van der Waals surface area contributed by atoms with Gasteiger partial charge in [-0.2, -0.15) is 5.10 Å². The van der Waals surface area contributed by atoms with Gasteiger partial charge in [-0.05, 0) is 77.8 Å². The Labute approximate surface area is 281 Å². The third-order valence-electron chi connectivity index (χ3n) is 9.54. The third kappa shape index (κ3) is 6.23. The van der Waals surface area contributed by atoms with E-state index in [4.69, 9.17) is 9.84 Å². The van der Waals surface area contributed by atoms with Gasteiger partial charge < -0.3 is 4.74 Å². The van der Waals surface area contributed by atoms with Gasteiger partial charge in [-0.15, -0.1) is 0 Å². The van der Waals surface area contributed by atoms with E-state index in [1.807, 2.05) is 70.0 Å². The van der Waals surface area contributed by atoms with Crippen molar-refractivity contribution in [2.24, 2.45) is 11.8 Å². The highest BCUT2D eigenvalue weighted by Gasteiger charge is 2.18. The van der Waals surface area contributed by atoms with Crippen molar-refractivity contribution in [3.63, 3.8) is 0 Å². The minimum absolute atomic E-state index is 0.331. The molecule has 0 aliphatic carbocycles. The van der Waals surface area contributed by atoms with Gasteiger partial charge >= 0.3 is 0 Å². The number of aromatic nitrogens is 4. The second kappa shape index (κ2) is 13.5. The maximum Gasteiger partial charge on any atom is 0.140 e.